The van der Waals surface area contributed by atoms with Crippen LogP contribution in [-0.4, -0.2) is 4.98 Å². The van der Waals surface area contributed by atoms with Gasteiger partial charge in [-0.15, -0.1) is 0 Å². The number of nitrogens with zero attached hydrogens (tertiary/aromatic N) is 1. The lowest BCUT2D eigenvalue weighted by atomic mass is 10.0. The first-order valence-corrected chi connectivity index (χ1v) is 4.66. The van der Waals surface area contributed by atoms with Crippen LogP contribution in [0.4, 0.5) is 0 Å². The Kier molecular flexibility index (Phi) is 2.12. The normalized spacial score (nSPS) is 10.5. The second kappa shape index (κ2) is 3.29. The number of aryl methyl sites for hydroxylation is 3. The zero-order valence-corrected chi connectivity index (χ0v) is 8.66. The Labute approximate surface area is 83.6 Å². The minimum absolute atomic E-state index is 0.708. The van der Waals surface area contributed by atoms with E-state index in [0.717, 1.165) is 11.3 Å². The number of oxazole rings is 1. The molecule has 0 aliphatic carbocycles. The first-order chi connectivity index (χ1) is 6.66. The van der Waals surface area contributed by atoms with Gasteiger partial charge in [-0.1, -0.05) is 23.8 Å². The van der Waals surface area contributed by atoms with Crippen molar-refractivity contribution in [2.45, 2.75) is 20.8 Å². The fraction of sp³-hybridized carbons (Fsp3) is 0.250. The van der Waals surface area contributed by atoms with Crippen LogP contribution >= 0.6 is 0 Å². The van der Waals surface area contributed by atoms with Crippen LogP contribution in [-0.2, 0) is 0 Å². The van der Waals surface area contributed by atoms with E-state index < -0.39 is 0 Å². The van der Waals surface area contributed by atoms with Gasteiger partial charge >= 0.3 is 0 Å². The molecule has 0 amide bonds. The molecule has 14 heavy (non-hydrogen) atoms. The molecule has 0 bridgehead atoms. The van der Waals surface area contributed by atoms with E-state index in [2.05, 4.69) is 37.0 Å². The van der Waals surface area contributed by atoms with E-state index in [1.54, 1.807) is 6.26 Å². The fourth-order valence-corrected chi connectivity index (χ4v) is 1.59. The first kappa shape index (κ1) is 9.00. The van der Waals surface area contributed by atoms with Crippen molar-refractivity contribution in [3.63, 3.8) is 0 Å². The lowest BCUT2D eigenvalue weighted by Gasteiger charge is -2.02. The molecule has 0 atom stereocenters. The Morgan fingerprint density at radius 3 is 2.50 bits per heavy atom. The predicted molar refractivity (Wildman–Crippen MR) is 56.2 cm³/mol. The van der Waals surface area contributed by atoms with Gasteiger partial charge in [0, 0.05) is 12.5 Å². The van der Waals surface area contributed by atoms with Gasteiger partial charge in [0.25, 0.3) is 0 Å². The maximum absolute atomic E-state index is 5.19. The van der Waals surface area contributed by atoms with E-state index >= 15 is 0 Å². The standard InChI is InChI=1S/C12H13NO/c1-8-4-5-11(9(2)6-8)12-7-14-10(3)13-12/h4-7H,1-3H3. The van der Waals surface area contributed by atoms with Gasteiger partial charge in [-0.25, -0.2) is 4.98 Å². The van der Waals surface area contributed by atoms with Crippen molar-refractivity contribution in [3.8, 4) is 11.3 Å². The predicted octanol–water partition coefficient (Wildman–Crippen LogP) is 3.27. The van der Waals surface area contributed by atoms with Crippen molar-refractivity contribution in [1.29, 1.82) is 0 Å². The molecule has 2 nitrogen and oxygen atoms in total. The number of hydrogen-bond donors (Lipinski definition) is 0. The average molecular weight is 187 g/mol. The Morgan fingerprint density at radius 1 is 1.14 bits per heavy atom. The highest BCUT2D eigenvalue weighted by Crippen LogP contribution is 2.23. The monoisotopic (exact) mass is 187 g/mol. The molecule has 2 heteroatoms. The number of hydrogen-bond acceptors (Lipinski definition) is 2. The van der Waals surface area contributed by atoms with Crippen molar-refractivity contribution in [1.82, 2.24) is 4.98 Å². The van der Waals surface area contributed by atoms with Crippen molar-refractivity contribution in [2.24, 2.45) is 0 Å². The van der Waals surface area contributed by atoms with Crippen LogP contribution in [0.15, 0.2) is 28.9 Å². The quantitative estimate of drug-likeness (QED) is 0.684. The van der Waals surface area contributed by atoms with E-state index in [-0.39, 0.29) is 0 Å². The van der Waals surface area contributed by atoms with Crippen molar-refractivity contribution < 1.29 is 4.42 Å². The van der Waals surface area contributed by atoms with Crippen LogP contribution in [0.1, 0.15) is 17.0 Å². The summed E-state index contributed by atoms with van der Waals surface area (Å²) in [4.78, 5) is 4.30. The highest BCUT2D eigenvalue weighted by molar-refractivity contribution is 5.62. The largest absolute Gasteiger partial charge is 0.449 e. The Hall–Kier alpha value is -1.57. The molecule has 0 aliphatic heterocycles. The zero-order chi connectivity index (χ0) is 10.1. The molecule has 2 aromatic rings. The van der Waals surface area contributed by atoms with Gasteiger partial charge in [0.2, 0.25) is 0 Å². The molecule has 0 saturated heterocycles. The molecule has 0 aliphatic rings. The lowest BCUT2D eigenvalue weighted by Crippen LogP contribution is -1.84. The smallest absolute Gasteiger partial charge is 0.191 e. The molecule has 2 rings (SSSR count). The van der Waals surface area contributed by atoms with E-state index in [4.69, 9.17) is 4.42 Å². The Bertz CT molecular complexity index is 457. The molecule has 0 unspecified atom stereocenters. The van der Waals surface area contributed by atoms with Gasteiger partial charge in [0.05, 0.1) is 0 Å². The number of benzene rings is 1. The maximum Gasteiger partial charge on any atom is 0.191 e. The van der Waals surface area contributed by atoms with Gasteiger partial charge in [0.15, 0.2) is 5.89 Å². The van der Waals surface area contributed by atoms with Gasteiger partial charge in [-0.05, 0) is 19.4 Å². The van der Waals surface area contributed by atoms with Crippen LogP contribution in [0.2, 0.25) is 0 Å². The second-order valence-corrected chi connectivity index (χ2v) is 3.57. The summed E-state index contributed by atoms with van der Waals surface area (Å²) < 4.78 is 5.19. The van der Waals surface area contributed by atoms with Gasteiger partial charge in [-0.3, -0.25) is 0 Å². The lowest BCUT2D eigenvalue weighted by molar-refractivity contribution is 0.521. The molecule has 0 saturated carbocycles. The Balaban J connectivity index is 2.52. The highest BCUT2D eigenvalue weighted by atomic mass is 16.3. The molecule has 1 heterocycles. The van der Waals surface area contributed by atoms with E-state index in [9.17, 15) is 0 Å². The second-order valence-electron chi connectivity index (χ2n) is 3.57. The molecule has 0 spiro atoms. The topological polar surface area (TPSA) is 26.0 Å². The third kappa shape index (κ3) is 1.55. The minimum Gasteiger partial charge on any atom is -0.449 e. The van der Waals surface area contributed by atoms with E-state index in [1.807, 2.05) is 6.92 Å². The molecule has 0 radical (unpaired) electrons. The summed E-state index contributed by atoms with van der Waals surface area (Å²) in [6.45, 7) is 6.03. The SMILES string of the molecule is Cc1ccc(-c2coc(C)n2)c(C)c1. The highest BCUT2D eigenvalue weighted by Gasteiger charge is 2.05. The summed E-state index contributed by atoms with van der Waals surface area (Å²) in [6, 6.07) is 6.33. The van der Waals surface area contributed by atoms with Crippen molar-refractivity contribution in [3.05, 3.63) is 41.5 Å². The summed E-state index contributed by atoms with van der Waals surface area (Å²) in [5.41, 5.74) is 4.57. The summed E-state index contributed by atoms with van der Waals surface area (Å²) in [6.07, 6.45) is 1.70. The van der Waals surface area contributed by atoms with Crippen LogP contribution < -0.4 is 0 Å². The molecule has 1 aromatic heterocycles. The Morgan fingerprint density at radius 2 is 1.93 bits per heavy atom. The van der Waals surface area contributed by atoms with Crippen molar-refractivity contribution >= 4 is 0 Å². The fourth-order valence-electron chi connectivity index (χ4n) is 1.59. The summed E-state index contributed by atoms with van der Waals surface area (Å²) >= 11 is 0. The minimum atomic E-state index is 0.708. The van der Waals surface area contributed by atoms with Crippen LogP contribution in [0, 0.1) is 20.8 Å². The van der Waals surface area contributed by atoms with E-state index in [1.165, 1.54) is 11.1 Å². The van der Waals surface area contributed by atoms with E-state index in [0.29, 0.717) is 5.89 Å². The van der Waals surface area contributed by atoms with Crippen LogP contribution in [0.3, 0.4) is 0 Å². The summed E-state index contributed by atoms with van der Waals surface area (Å²) in [7, 11) is 0. The maximum atomic E-state index is 5.19. The first-order valence-electron chi connectivity index (χ1n) is 4.66. The van der Waals surface area contributed by atoms with Gasteiger partial charge in [-0.2, -0.15) is 0 Å². The van der Waals surface area contributed by atoms with Gasteiger partial charge in [0.1, 0.15) is 12.0 Å². The molecular weight excluding hydrogens is 174 g/mol. The molecule has 1 aromatic carbocycles. The number of aromatic nitrogens is 1. The third-order valence-electron chi connectivity index (χ3n) is 2.28. The third-order valence-corrected chi connectivity index (χ3v) is 2.28. The average Bonchev–Trinajstić information content (AvgIpc) is 2.51. The number of rotatable bonds is 1. The molecule has 72 valence electrons. The van der Waals surface area contributed by atoms with Crippen molar-refractivity contribution in [2.75, 3.05) is 0 Å². The van der Waals surface area contributed by atoms with Gasteiger partial charge < -0.3 is 4.42 Å². The van der Waals surface area contributed by atoms with Crippen LogP contribution in [0.25, 0.3) is 11.3 Å². The molecule has 0 fully saturated rings. The van der Waals surface area contributed by atoms with Crippen LogP contribution in [0.5, 0.6) is 0 Å². The molecule has 0 N–H and O–H groups in total. The molecular formula is C12H13NO. The summed E-state index contributed by atoms with van der Waals surface area (Å²) in [5, 5.41) is 0. The summed E-state index contributed by atoms with van der Waals surface area (Å²) in [5.74, 6) is 0.708. The zero-order valence-electron chi connectivity index (χ0n) is 8.66.